The van der Waals surface area contributed by atoms with Crippen molar-refractivity contribution in [3.8, 4) is 23.7 Å². The summed E-state index contributed by atoms with van der Waals surface area (Å²) in [5.74, 6) is 11.9. The number of fused-ring (bicyclic) bond motifs is 3. The van der Waals surface area contributed by atoms with E-state index in [1.54, 1.807) is 73.3 Å². The van der Waals surface area contributed by atoms with Crippen LogP contribution in [0, 0.1) is 65.2 Å². The Balaban J connectivity index is 0.000000154. The normalized spacial score (nSPS) is 10.7. The van der Waals surface area contributed by atoms with Gasteiger partial charge in [-0.15, -0.1) is 0 Å². The summed E-state index contributed by atoms with van der Waals surface area (Å²) in [5, 5.41) is 11.3. The largest absolute Gasteiger partial charge is 0.322 e. The highest BCUT2D eigenvalue weighted by Crippen LogP contribution is 2.24. The van der Waals surface area contributed by atoms with Crippen LogP contribution in [0.1, 0.15) is 126 Å². The molecule has 3 amide bonds. The highest BCUT2D eigenvalue weighted by molar-refractivity contribution is 6.06. The van der Waals surface area contributed by atoms with Crippen LogP contribution in [0.15, 0.2) is 227 Å². The molecule has 0 spiro atoms. The average molecular weight is 1320 g/mol. The van der Waals surface area contributed by atoms with Gasteiger partial charge in [-0.05, 0) is 208 Å². The van der Waals surface area contributed by atoms with Gasteiger partial charge in [0.15, 0.2) is 5.78 Å². The van der Waals surface area contributed by atoms with E-state index < -0.39 is 0 Å². The predicted molar refractivity (Wildman–Crippen MR) is 396 cm³/mol. The second-order valence-electron chi connectivity index (χ2n) is 24.0. The summed E-state index contributed by atoms with van der Waals surface area (Å²) in [6.45, 7) is 13.4. The van der Waals surface area contributed by atoms with Gasteiger partial charge in [0.2, 0.25) is 16.7 Å². The van der Waals surface area contributed by atoms with Crippen molar-refractivity contribution in [2.45, 2.75) is 54.9 Å². The van der Waals surface area contributed by atoms with Gasteiger partial charge in [0.1, 0.15) is 22.6 Å². The molecular weight excluding hydrogens is 1250 g/mol. The van der Waals surface area contributed by atoms with E-state index >= 15 is 0 Å². The minimum atomic E-state index is -0.226. The first-order valence-electron chi connectivity index (χ1n) is 31.8. The number of amides is 3. The second-order valence-corrected chi connectivity index (χ2v) is 24.0. The van der Waals surface area contributed by atoms with E-state index in [0.29, 0.717) is 62.7 Å². The molecule has 17 nitrogen and oxygen atoms in total. The molecule has 100 heavy (non-hydrogen) atoms. The first kappa shape index (κ1) is 67.9. The quantitative estimate of drug-likeness (QED) is 0.0524. The molecule has 13 aromatic rings. The fourth-order valence-corrected chi connectivity index (χ4v) is 10.6. The smallest absolute Gasteiger partial charge is 0.255 e. The molecule has 0 radical (unpaired) electrons. The number of hydrogen-bond acceptors (Lipinski definition) is 11. The number of nitrogens with zero attached hydrogens (tertiary/aromatic N) is 4. The number of anilines is 3. The van der Waals surface area contributed by atoms with E-state index in [1.807, 2.05) is 175 Å². The maximum atomic E-state index is 13.1. The number of aryl methyl sites for hydroxylation is 6. The number of pyridine rings is 7. The summed E-state index contributed by atoms with van der Waals surface area (Å²) in [6.07, 6.45) is 11.3. The van der Waals surface area contributed by atoms with E-state index in [9.17, 15) is 33.6 Å². The van der Waals surface area contributed by atoms with Crippen LogP contribution in [0.5, 0.6) is 0 Å². The Labute approximate surface area is 575 Å². The molecule has 0 saturated heterocycles. The van der Waals surface area contributed by atoms with Gasteiger partial charge in [0, 0.05) is 122 Å². The van der Waals surface area contributed by atoms with Crippen LogP contribution in [0.25, 0.3) is 45.3 Å². The highest BCUT2D eigenvalue weighted by Gasteiger charge is 2.13. The third-order valence-corrected chi connectivity index (χ3v) is 16.2. The molecular formula is C83H66N10O7. The Morgan fingerprint density at radius 2 is 0.890 bits per heavy atom. The molecule has 0 atom stereocenters. The zero-order chi connectivity index (χ0) is 70.4. The molecule has 0 saturated carbocycles. The zero-order valence-corrected chi connectivity index (χ0v) is 55.7. The van der Waals surface area contributed by atoms with Crippen molar-refractivity contribution in [1.29, 1.82) is 0 Å². The number of Topliss-reactive ketones (excluding diaryl/α,β-unsaturated/α-hetero) is 1. The Morgan fingerprint density at radius 1 is 0.410 bits per heavy atom. The topological polar surface area (TPSA) is 255 Å². The number of benzene rings is 6. The fraction of sp³-hybridized carbons (Fsp3) is 0.0964. The summed E-state index contributed by atoms with van der Waals surface area (Å²) in [5.41, 5.74) is 18.6. The molecule has 0 aliphatic heterocycles. The summed E-state index contributed by atoms with van der Waals surface area (Å²) in [4.78, 5) is 109. The van der Waals surface area contributed by atoms with Crippen LogP contribution in [0.2, 0.25) is 0 Å². The number of carbonyl (C=O) groups excluding carboxylic acids is 4. The number of hydrogen-bond donors (Lipinski definition) is 6. The average Bonchev–Trinajstić information content (AvgIpc) is 0.864. The minimum Gasteiger partial charge on any atom is -0.322 e. The lowest BCUT2D eigenvalue weighted by Crippen LogP contribution is -2.12. The number of H-pyrrole nitrogens is 3. The van der Waals surface area contributed by atoms with Crippen molar-refractivity contribution in [3.05, 3.63) is 344 Å². The summed E-state index contributed by atoms with van der Waals surface area (Å²) < 4.78 is 0. The van der Waals surface area contributed by atoms with Gasteiger partial charge in [0.25, 0.3) is 17.7 Å². The fourth-order valence-electron chi connectivity index (χ4n) is 10.6. The third-order valence-electron chi connectivity index (χ3n) is 16.2. The first-order chi connectivity index (χ1) is 48.2. The number of ketones is 1. The number of nitrogens with one attached hydrogen (secondary N) is 6. The van der Waals surface area contributed by atoms with Crippen molar-refractivity contribution < 1.29 is 19.2 Å². The van der Waals surface area contributed by atoms with Gasteiger partial charge in [-0.1, -0.05) is 102 Å². The number of rotatable bonds is 11. The Bertz CT molecular complexity index is 5730. The summed E-state index contributed by atoms with van der Waals surface area (Å²) in [6, 6.07) is 56.7. The minimum absolute atomic E-state index is 0.0580. The summed E-state index contributed by atoms with van der Waals surface area (Å²) >= 11 is 0. The van der Waals surface area contributed by atoms with Crippen molar-refractivity contribution >= 4 is 85.8 Å². The number of carbonyl (C=O) groups is 4. The SMILES string of the molecule is CC(=O)c1ccc(Cc2ccc(NC(=O)c3ccc(C)c(C#Cc4cnc5[nH]c(=O)ccc5c4)c3)cc2C)cn1.Cc1cccc(C(=O)Nc2ccc(C)c(/C=C/c3cnc4[nH]c(=O)ccc4c3)c2)c1.Cc1cccc(C(=O)Nc2ccc(C)c(C#Cc3cnc4[nH]c(=O)ccc4c3)c2)c1. The van der Waals surface area contributed by atoms with E-state index in [0.717, 1.165) is 94.2 Å². The van der Waals surface area contributed by atoms with Crippen LogP contribution < -0.4 is 32.6 Å². The Hall–Kier alpha value is -13.5. The lowest BCUT2D eigenvalue weighted by molar-refractivity contribution is 0.100. The molecule has 0 aliphatic rings. The zero-order valence-electron chi connectivity index (χ0n) is 55.7. The van der Waals surface area contributed by atoms with Crippen LogP contribution in [0.3, 0.4) is 0 Å². The standard InChI is InChI=1S/C33H26N4O3.C25H21N3O2.C25H19N3O2/c1-20-4-7-28(17-26(20)8-5-23-16-27-10-13-31(39)37-32(27)35-19-23)33(40)36-29-11-9-25(21(2)14-29)15-24-6-12-30(22(3)38)34-18-24;2*1-16-4-3-5-21(12-16)25(30)27-22-10-6-17(2)19(14-22)8-7-18-13-20-9-11-23(29)28-24(20)26-15-18/h4,6-7,9-14,16-19H,15H2,1-3H3,(H,36,40)(H,35,37,39);3-15H,1-2H3,(H,27,30)(H,26,28,29);3-6,9-15H,1-2H3,(H,27,30)(H,26,28,29)/b;8-7+;. The van der Waals surface area contributed by atoms with E-state index in [2.05, 4.69) is 74.5 Å². The van der Waals surface area contributed by atoms with Crippen molar-refractivity contribution in [2.75, 3.05) is 16.0 Å². The van der Waals surface area contributed by atoms with Gasteiger partial charge in [-0.2, -0.15) is 0 Å². The predicted octanol–water partition coefficient (Wildman–Crippen LogP) is 14.5. The lowest BCUT2D eigenvalue weighted by atomic mass is 10.0. The van der Waals surface area contributed by atoms with Crippen LogP contribution in [-0.4, -0.2) is 58.4 Å². The molecule has 7 heterocycles. The van der Waals surface area contributed by atoms with Crippen molar-refractivity contribution in [2.24, 2.45) is 0 Å². The monoisotopic (exact) mass is 1310 g/mol. The van der Waals surface area contributed by atoms with Gasteiger partial charge in [0.05, 0.1) is 0 Å². The van der Waals surface area contributed by atoms with Crippen LogP contribution in [-0.2, 0) is 6.42 Å². The number of aromatic amines is 3. The molecule has 6 aromatic carbocycles. The first-order valence-corrected chi connectivity index (χ1v) is 31.8. The Kier molecular flexibility index (Phi) is 21.0. The maximum Gasteiger partial charge on any atom is 0.255 e. The molecule has 0 aliphatic carbocycles. The van der Waals surface area contributed by atoms with E-state index in [1.165, 1.54) is 25.1 Å². The van der Waals surface area contributed by atoms with Gasteiger partial charge < -0.3 is 30.9 Å². The van der Waals surface area contributed by atoms with E-state index in [-0.39, 0.29) is 40.2 Å². The molecule has 13 rings (SSSR count). The third kappa shape index (κ3) is 17.9. The van der Waals surface area contributed by atoms with Crippen LogP contribution >= 0.6 is 0 Å². The molecule has 6 N–H and O–H groups in total. The molecule has 490 valence electrons. The maximum absolute atomic E-state index is 13.1. The van der Waals surface area contributed by atoms with Gasteiger partial charge >= 0.3 is 0 Å². The number of aromatic nitrogens is 7. The molecule has 0 bridgehead atoms. The molecule has 7 aromatic heterocycles. The van der Waals surface area contributed by atoms with Crippen LogP contribution in [0.4, 0.5) is 17.1 Å². The van der Waals surface area contributed by atoms with Gasteiger partial charge in [-0.3, -0.25) is 38.5 Å². The summed E-state index contributed by atoms with van der Waals surface area (Å²) in [7, 11) is 0. The molecule has 0 fully saturated rings. The molecule has 0 unspecified atom stereocenters. The second kappa shape index (κ2) is 30.9. The lowest BCUT2D eigenvalue weighted by Gasteiger charge is -2.11. The Morgan fingerprint density at radius 3 is 1.41 bits per heavy atom. The van der Waals surface area contributed by atoms with Crippen molar-refractivity contribution in [1.82, 2.24) is 34.9 Å². The highest BCUT2D eigenvalue weighted by atomic mass is 16.2. The van der Waals surface area contributed by atoms with Crippen molar-refractivity contribution in [3.63, 3.8) is 0 Å². The van der Waals surface area contributed by atoms with E-state index in [4.69, 9.17) is 0 Å². The van der Waals surface area contributed by atoms with Gasteiger partial charge in [-0.25, -0.2) is 15.0 Å². The molecule has 17 heteroatoms.